The maximum atomic E-state index is 10.1. The normalized spacial score (nSPS) is 9.82. The molecule has 0 unspecified atom stereocenters. The van der Waals surface area contributed by atoms with Gasteiger partial charge in [0.15, 0.2) is 0 Å². The number of H-pyrrole nitrogens is 2. The molecule has 120 valence electrons. The second-order valence-corrected chi connectivity index (χ2v) is 4.91. The second kappa shape index (κ2) is 10.3. The number of rotatable bonds is 8. The molecule has 2 aromatic heterocycles. The van der Waals surface area contributed by atoms with E-state index in [1.54, 1.807) is 0 Å². The Labute approximate surface area is 129 Å². The molecular formula is C16H22N2O4. The standard InChI is InChI=1S/2C8H11NO2/c10-8(11)5-1-3-7-4-2-6-9-7;10-8(11)3-1-2-7-4-5-9-6-7/h2,4,6,9H,1,3,5H2,(H,10,11);4-6,9H,1-3H2,(H,10,11). The quantitative estimate of drug-likeness (QED) is 0.601. The predicted octanol–water partition coefficient (Wildman–Crippen LogP) is 2.84. The number of carboxylic acid groups (broad SMARTS) is 2. The van der Waals surface area contributed by atoms with E-state index < -0.39 is 11.9 Å². The van der Waals surface area contributed by atoms with E-state index >= 15 is 0 Å². The summed E-state index contributed by atoms with van der Waals surface area (Å²) in [7, 11) is 0. The highest BCUT2D eigenvalue weighted by molar-refractivity contribution is 5.66. The first-order valence-electron chi connectivity index (χ1n) is 7.25. The van der Waals surface area contributed by atoms with Gasteiger partial charge in [-0.2, -0.15) is 0 Å². The number of aryl methyl sites for hydroxylation is 2. The molecule has 2 aromatic rings. The van der Waals surface area contributed by atoms with E-state index in [0.717, 1.165) is 18.5 Å². The topological polar surface area (TPSA) is 106 Å². The van der Waals surface area contributed by atoms with Gasteiger partial charge in [-0.1, -0.05) is 0 Å². The first-order valence-corrected chi connectivity index (χ1v) is 7.25. The molecule has 0 saturated heterocycles. The van der Waals surface area contributed by atoms with Crippen molar-refractivity contribution < 1.29 is 19.8 Å². The molecule has 2 heterocycles. The SMILES string of the molecule is O=C(O)CCCc1cc[nH]c1.O=C(O)CCCc1ccc[nH]1. The van der Waals surface area contributed by atoms with Crippen LogP contribution in [0.1, 0.15) is 36.9 Å². The van der Waals surface area contributed by atoms with E-state index in [4.69, 9.17) is 10.2 Å². The fraction of sp³-hybridized carbons (Fsp3) is 0.375. The maximum absolute atomic E-state index is 10.1. The summed E-state index contributed by atoms with van der Waals surface area (Å²) in [6.07, 6.45) is 9.16. The number of aromatic nitrogens is 2. The smallest absolute Gasteiger partial charge is 0.303 e. The third-order valence-electron chi connectivity index (χ3n) is 3.02. The van der Waals surface area contributed by atoms with Crippen LogP contribution in [-0.4, -0.2) is 32.1 Å². The first kappa shape index (κ1) is 17.6. The van der Waals surface area contributed by atoms with Gasteiger partial charge in [0, 0.05) is 37.1 Å². The maximum Gasteiger partial charge on any atom is 0.303 e. The van der Waals surface area contributed by atoms with Gasteiger partial charge < -0.3 is 20.2 Å². The third kappa shape index (κ3) is 8.63. The molecule has 0 amide bonds. The summed E-state index contributed by atoms with van der Waals surface area (Å²) in [5, 5.41) is 16.7. The van der Waals surface area contributed by atoms with E-state index in [1.165, 1.54) is 5.56 Å². The van der Waals surface area contributed by atoms with Crippen LogP contribution >= 0.6 is 0 Å². The molecular weight excluding hydrogens is 284 g/mol. The van der Waals surface area contributed by atoms with Crippen molar-refractivity contribution in [3.63, 3.8) is 0 Å². The van der Waals surface area contributed by atoms with Crippen LogP contribution in [0, 0.1) is 0 Å². The molecule has 0 atom stereocenters. The lowest BCUT2D eigenvalue weighted by Gasteiger charge is -1.93. The van der Waals surface area contributed by atoms with Gasteiger partial charge in [0.25, 0.3) is 0 Å². The van der Waals surface area contributed by atoms with Crippen molar-refractivity contribution in [2.45, 2.75) is 38.5 Å². The summed E-state index contributed by atoms with van der Waals surface area (Å²) in [5.74, 6) is -1.45. The van der Waals surface area contributed by atoms with Crippen LogP contribution in [0.4, 0.5) is 0 Å². The summed E-state index contributed by atoms with van der Waals surface area (Å²) >= 11 is 0. The molecule has 0 aliphatic carbocycles. The Morgan fingerprint density at radius 1 is 0.955 bits per heavy atom. The van der Waals surface area contributed by atoms with Crippen molar-refractivity contribution in [3.05, 3.63) is 48.0 Å². The summed E-state index contributed by atoms with van der Waals surface area (Å²) < 4.78 is 0. The Balaban J connectivity index is 0.000000220. The molecule has 2 rings (SSSR count). The minimum atomic E-state index is -0.725. The molecule has 0 aliphatic rings. The molecule has 0 fully saturated rings. The van der Waals surface area contributed by atoms with Gasteiger partial charge in [-0.15, -0.1) is 0 Å². The van der Waals surface area contributed by atoms with Crippen molar-refractivity contribution in [1.29, 1.82) is 0 Å². The van der Waals surface area contributed by atoms with E-state index in [9.17, 15) is 9.59 Å². The van der Waals surface area contributed by atoms with Gasteiger partial charge in [0.2, 0.25) is 0 Å². The number of carboxylic acids is 2. The van der Waals surface area contributed by atoms with Crippen molar-refractivity contribution in [2.24, 2.45) is 0 Å². The molecule has 0 bridgehead atoms. The third-order valence-corrected chi connectivity index (χ3v) is 3.02. The lowest BCUT2D eigenvalue weighted by molar-refractivity contribution is -0.138. The van der Waals surface area contributed by atoms with Gasteiger partial charge in [-0.25, -0.2) is 0 Å². The van der Waals surface area contributed by atoms with Crippen molar-refractivity contribution in [3.8, 4) is 0 Å². The average molecular weight is 306 g/mol. The Morgan fingerprint density at radius 2 is 1.64 bits per heavy atom. The van der Waals surface area contributed by atoms with Crippen molar-refractivity contribution in [1.82, 2.24) is 9.97 Å². The average Bonchev–Trinajstić information content (AvgIpc) is 3.11. The number of nitrogens with one attached hydrogen (secondary N) is 2. The zero-order chi connectivity index (χ0) is 16.2. The molecule has 22 heavy (non-hydrogen) atoms. The zero-order valence-electron chi connectivity index (χ0n) is 12.4. The van der Waals surface area contributed by atoms with Crippen LogP contribution in [0.2, 0.25) is 0 Å². The summed E-state index contributed by atoms with van der Waals surface area (Å²) in [5.41, 5.74) is 2.28. The summed E-state index contributed by atoms with van der Waals surface area (Å²) in [6, 6.07) is 5.83. The lowest BCUT2D eigenvalue weighted by Crippen LogP contribution is -1.95. The fourth-order valence-corrected chi connectivity index (χ4v) is 1.91. The number of aromatic amines is 2. The molecule has 0 saturated carbocycles. The first-order chi connectivity index (χ1) is 10.6. The van der Waals surface area contributed by atoms with Crippen molar-refractivity contribution >= 4 is 11.9 Å². The highest BCUT2D eigenvalue weighted by Crippen LogP contribution is 2.03. The van der Waals surface area contributed by atoms with E-state index in [0.29, 0.717) is 12.8 Å². The Bertz CT molecular complexity index is 482. The largest absolute Gasteiger partial charge is 0.481 e. The number of carbonyl (C=O) groups is 2. The Morgan fingerprint density at radius 3 is 2.14 bits per heavy atom. The molecule has 0 aliphatic heterocycles. The molecule has 6 nitrogen and oxygen atoms in total. The molecule has 0 radical (unpaired) electrons. The van der Waals surface area contributed by atoms with Gasteiger partial charge in [-0.3, -0.25) is 9.59 Å². The predicted molar refractivity (Wildman–Crippen MR) is 82.7 cm³/mol. The Kier molecular flexibility index (Phi) is 8.18. The van der Waals surface area contributed by atoms with Crippen LogP contribution in [-0.2, 0) is 22.4 Å². The van der Waals surface area contributed by atoms with Crippen LogP contribution in [0.3, 0.4) is 0 Å². The molecule has 6 heteroatoms. The van der Waals surface area contributed by atoms with E-state index in [2.05, 4.69) is 9.97 Å². The van der Waals surface area contributed by atoms with E-state index in [-0.39, 0.29) is 12.8 Å². The number of hydrogen-bond acceptors (Lipinski definition) is 2. The van der Waals surface area contributed by atoms with Gasteiger partial charge in [0.1, 0.15) is 0 Å². The van der Waals surface area contributed by atoms with Crippen LogP contribution < -0.4 is 0 Å². The molecule has 0 aromatic carbocycles. The fourth-order valence-electron chi connectivity index (χ4n) is 1.91. The zero-order valence-corrected chi connectivity index (χ0v) is 12.4. The monoisotopic (exact) mass is 306 g/mol. The molecule has 4 N–H and O–H groups in total. The van der Waals surface area contributed by atoms with Crippen LogP contribution in [0.5, 0.6) is 0 Å². The second-order valence-electron chi connectivity index (χ2n) is 4.91. The summed E-state index contributed by atoms with van der Waals surface area (Å²) in [4.78, 5) is 26.2. The summed E-state index contributed by atoms with van der Waals surface area (Å²) in [6.45, 7) is 0. The lowest BCUT2D eigenvalue weighted by atomic mass is 10.1. The van der Waals surface area contributed by atoms with E-state index in [1.807, 2.05) is 36.8 Å². The Hall–Kier alpha value is -2.50. The van der Waals surface area contributed by atoms with Crippen LogP contribution in [0.25, 0.3) is 0 Å². The van der Waals surface area contributed by atoms with Crippen LogP contribution in [0.15, 0.2) is 36.8 Å². The van der Waals surface area contributed by atoms with Crippen molar-refractivity contribution in [2.75, 3.05) is 0 Å². The minimum Gasteiger partial charge on any atom is -0.481 e. The van der Waals surface area contributed by atoms with Gasteiger partial charge in [-0.05, 0) is 49.4 Å². The minimum absolute atomic E-state index is 0.249. The van der Waals surface area contributed by atoms with Gasteiger partial charge in [0.05, 0.1) is 0 Å². The van der Waals surface area contributed by atoms with Gasteiger partial charge >= 0.3 is 11.9 Å². The number of aliphatic carboxylic acids is 2. The number of hydrogen-bond donors (Lipinski definition) is 4. The molecule has 0 spiro atoms. The highest BCUT2D eigenvalue weighted by Gasteiger charge is 1.98. The highest BCUT2D eigenvalue weighted by atomic mass is 16.4.